The number of hydrogen-bond acceptors (Lipinski definition) is 4. The minimum Gasteiger partial charge on any atom is -0.341 e. The monoisotopic (exact) mass is 350 g/mol. The molecular formula is C17H20Cl2N4. The van der Waals surface area contributed by atoms with Crippen LogP contribution < -0.4 is 4.90 Å². The summed E-state index contributed by atoms with van der Waals surface area (Å²) in [5.74, 6) is 0.739. The molecule has 0 saturated carbocycles. The highest BCUT2D eigenvalue weighted by atomic mass is 35.5. The lowest BCUT2D eigenvalue weighted by Crippen LogP contribution is -2.43. The number of aromatic nitrogens is 2. The maximum Gasteiger partial charge on any atom is 0.225 e. The number of likely N-dealkylation sites (tertiary alicyclic amines) is 1. The third kappa shape index (κ3) is 4.34. The van der Waals surface area contributed by atoms with Crippen LogP contribution in [0.15, 0.2) is 36.7 Å². The third-order valence-corrected chi connectivity index (χ3v) is 4.75. The maximum atomic E-state index is 6.06. The molecule has 4 nitrogen and oxygen atoms in total. The molecule has 1 saturated heterocycles. The number of anilines is 1. The Balaban J connectivity index is 1.54. The molecule has 1 fully saturated rings. The van der Waals surface area contributed by atoms with Crippen molar-refractivity contribution in [3.63, 3.8) is 0 Å². The zero-order chi connectivity index (χ0) is 16.2. The fraction of sp³-hybridized carbons (Fsp3) is 0.412. The van der Waals surface area contributed by atoms with Crippen LogP contribution in [0.1, 0.15) is 18.4 Å². The summed E-state index contributed by atoms with van der Waals surface area (Å²) in [7, 11) is 2.06. The van der Waals surface area contributed by atoms with E-state index in [0.29, 0.717) is 11.1 Å². The lowest BCUT2D eigenvalue weighted by Gasteiger charge is -2.36. The van der Waals surface area contributed by atoms with Crippen molar-refractivity contribution < 1.29 is 0 Å². The second-order valence-corrected chi connectivity index (χ2v) is 6.82. The summed E-state index contributed by atoms with van der Waals surface area (Å²) in [6.07, 6.45) is 5.50. The lowest BCUT2D eigenvalue weighted by molar-refractivity contribution is 0.203. The first-order valence-electron chi connectivity index (χ1n) is 7.79. The summed E-state index contributed by atoms with van der Waals surface area (Å²) in [5.41, 5.74) is 1.27. The van der Waals surface area contributed by atoms with E-state index in [1.165, 1.54) is 5.56 Å². The second-order valence-electron chi connectivity index (χ2n) is 5.95. The van der Waals surface area contributed by atoms with Gasteiger partial charge in [-0.15, -0.1) is 0 Å². The quantitative estimate of drug-likeness (QED) is 0.837. The summed E-state index contributed by atoms with van der Waals surface area (Å²) in [6, 6.07) is 8.56. The van der Waals surface area contributed by atoms with E-state index >= 15 is 0 Å². The SMILES string of the molecule is CN(c1ncc(Cl)cn1)C1CCN(Cc2cccc(Cl)c2)CC1. The standard InChI is InChI=1S/C17H20Cl2N4/c1-22(17-20-10-15(19)11-21-17)16-5-7-23(8-6-16)12-13-3-2-4-14(18)9-13/h2-4,9-11,16H,5-8,12H2,1H3. The molecule has 0 bridgehead atoms. The van der Waals surface area contributed by atoms with Crippen molar-refractivity contribution in [3.05, 3.63) is 52.3 Å². The van der Waals surface area contributed by atoms with Crippen LogP contribution in [0.25, 0.3) is 0 Å². The van der Waals surface area contributed by atoms with Gasteiger partial charge in [0.05, 0.1) is 17.4 Å². The van der Waals surface area contributed by atoms with Gasteiger partial charge in [-0.3, -0.25) is 4.90 Å². The smallest absolute Gasteiger partial charge is 0.225 e. The Kier molecular flexibility index (Phi) is 5.36. The highest BCUT2D eigenvalue weighted by Gasteiger charge is 2.23. The molecule has 1 aliphatic heterocycles. The van der Waals surface area contributed by atoms with E-state index in [1.807, 2.05) is 18.2 Å². The van der Waals surface area contributed by atoms with Crippen LogP contribution in [0.2, 0.25) is 10.0 Å². The summed E-state index contributed by atoms with van der Waals surface area (Å²) < 4.78 is 0. The summed E-state index contributed by atoms with van der Waals surface area (Å²) in [5, 5.41) is 1.37. The van der Waals surface area contributed by atoms with Crippen LogP contribution in [0.5, 0.6) is 0 Å². The number of hydrogen-bond donors (Lipinski definition) is 0. The molecule has 6 heteroatoms. The van der Waals surface area contributed by atoms with E-state index in [9.17, 15) is 0 Å². The highest BCUT2D eigenvalue weighted by Crippen LogP contribution is 2.21. The Morgan fingerprint density at radius 1 is 1.13 bits per heavy atom. The number of halogens is 2. The molecule has 122 valence electrons. The topological polar surface area (TPSA) is 32.3 Å². The van der Waals surface area contributed by atoms with Crippen molar-refractivity contribution in [1.29, 1.82) is 0 Å². The van der Waals surface area contributed by atoms with Crippen LogP contribution in [-0.2, 0) is 6.54 Å². The maximum absolute atomic E-state index is 6.06. The van der Waals surface area contributed by atoms with Gasteiger partial charge >= 0.3 is 0 Å². The summed E-state index contributed by atoms with van der Waals surface area (Å²) in [6.45, 7) is 3.08. The molecule has 2 aromatic rings. The first-order valence-corrected chi connectivity index (χ1v) is 8.54. The van der Waals surface area contributed by atoms with E-state index in [-0.39, 0.29) is 0 Å². The molecule has 0 aliphatic carbocycles. The molecule has 1 aromatic carbocycles. The van der Waals surface area contributed by atoms with Crippen LogP contribution in [0, 0.1) is 0 Å². The van der Waals surface area contributed by atoms with Gasteiger partial charge in [-0.1, -0.05) is 35.3 Å². The van der Waals surface area contributed by atoms with Crippen molar-refractivity contribution >= 4 is 29.2 Å². The molecule has 0 amide bonds. The van der Waals surface area contributed by atoms with E-state index in [4.69, 9.17) is 23.2 Å². The molecule has 1 aromatic heterocycles. The number of rotatable bonds is 4. The van der Waals surface area contributed by atoms with Gasteiger partial charge in [0.1, 0.15) is 0 Å². The third-order valence-electron chi connectivity index (χ3n) is 4.32. The first kappa shape index (κ1) is 16.5. The molecule has 1 aliphatic rings. The highest BCUT2D eigenvalue weighted by molar-refractivity contribution is 6.30. The van der Waals surface area contributed by atoms with Crippen molar-refractivity contribution in [3.8, 4) is 0 Å². The van der Waals surface area contributed by atoms with Crippen molar-refractivity contribution in [2.45, 2.75) is 25.4 Å². The Labute approximate surface area is 147 Å². The molecule has 0 atom stereocenters. The minimum atomic E-state index is 0.465. The van der Waals surface area contributed by atoms with Crippen molar-refractivity contribution in [2.24, 2.45) is 0 Å². The fourth-order valence-corrected chi connectivity index (χ4v) is 3.32. The molecule has 0 spiro atoms. The first-order chi connectivity index (χ1) is 11.1. The van der Waals surface area contributed by atoms with Gasteiger partial charge in [-0.25, -0.2) is 9.97 Å². The number of nitrogens with zero attached hydrogens (tertiary/aromatic N) is 4. The van der Waals surface area contributed by atoms with Crippen LogP contribution >= 0.6 is 23.2 Å². The number of benzene rings is 1. The molecule has 3 rings (SSSR count). The number of piperidine rings is 1. The van der Waals surface area contributed by atoms with E-state index < -0.39 is 0 Å². The molecule has 0 N–H and O–H groups in total. The summed E-state index contributed by atoms with van der Waals surface area (Å²) in [4.78, 5) is 13.2. The molecule has 0 radical (unpaired) electrons. The normalized spacial score (nSPS) is 16.5. The fourth-order valence-electron chi connectivity index (χ4n) is 3.01. The Bertz CT molecular complexity index is 639. The van der Waals surface area contributed by atoms with Crippen molar-refractivity contribution in [1.82, 2.24) is 14.9 Å². The predicted molar refractivity (Wildman–Crippen MR) is 95.2 cm³/mol. The second kappa shape index (κ2) is 7.47. The van der Waals surface area contributed by atoms with Crippen LogP contribution in [0.3, 0.4) is 0 Å². The Morgan fingerprint density at radius 3 is 2.48 bits per heavy atom. The zero-order valence-electron chi connectivity index (χ0n) is 13.1. The van der Waals surface area contributed by atoms with E-state index in [0.717, 1.165) is 43.4 Å². The van der Waals surface area contributed by atoms with Gasteiger partial charge in [0.25, 0.3) is 0 Å². The van der Waals surface area contributed by atoms with Gasteiger partial charge in [0.15, 0.2) is 0 Å². The van der Waals surface area contributed by atoms with Crippen molar-refractivity contribution in [2.75, 3.05) is 25.0 Å². The van der Waals surface area contributed by atoms with Crippen LogP contribution in [0.4, 0.5) is 5.95 Å². The molecular weight excluding hydrogens is 331 g/mol. The summed E-state index contributed by atoms with van der Waals surface area (Å²) >= 11 is 11.9. The largest absolute Gasteiger partial charge is 0.341 e. The van der Waals surface area contributed by atoms with Gasteiger partial charge in [0, 0.05) is 37.7 Å². The Hall–Kier alpha value is -1.36. The van der Waals surface area contributed by atoms with Gasteiger partial charge in [-0.2, -0.15) is 0 Å². The van der Waals surface area contributed by atoms with E-state index in [1.54, 1.807) is 12.4 Å². The van der Waals surface area contributed by atoms with Crippen LogP contribution in [-0.4, -0.2) is 41.0 Å². The zero-order valence-corrected chi connectivity index (χ0v) is 14.6. The Morgan fingerprint density at radius 2 is 1.83 bits per heavy atom. The molecule has 0 unspecified atom stereocenters. The lowest BCUT2D eigenvalue weighted by atomic mass is 10.0. The van der Waals surface area contributed by atoms with Gasteiger partial charge < -0.3 is 4.90 Å². The molecule has 2 heterocycles. The van der Waals surface area contributed by atoms with Gasteiger partial charge in [-0.05, 0) is 30.5 Å². The minimum absolute atomic E-state index is 0.465. The van der Waals surface area contributed by atoms with Gasteiger partial charge in [0.2, 0.25) is 5.95 Å². The average molecular weight is 351 g/mol. The predicted octanol–water partition coefficient (Wildman–Crippen LogP) is 3.88. The van der Waals surface area contributed by atoms with E-state index in [2.05, 4.69) is 32.9 Å². The average Bonchev–Trinajstić information content (AvgIpc) is 2.56. The molecule has 23 heavy (non-hydrogen) atoms.